The number of aromatic nitrogens is 1. The van der Waals surface area contributed by atoms with Crippen LogP contribution in [0.25, 0.3) is 10.4 Å². The smallest absolute Gasteiger partial charge is 0.430 e. The van der Waals surface area contributed by atoms with Crippen molar-refractivity contribution < 1.29 is 14.3 Å². The van der Waals surface area contributed by atoms with E-state index in [1.807, 2.05) is 57.5 Å². The zero-order valence-electron chi connectivity index (χ0n) is 16.6. The minimum atomic E-state index is -0.618. The van der Waals surface area contributed by atoms with Crippen molar-refractivity contribution in [3.8, 4) is 10.4 Å². The van der Waals surface area contributed by atoms with Gasteiger partial charge in [0.05, 0.1) is 22.1 Å². The van der Waals surface area contributed by atoms with Gasteiger partial charge in [0, 0.05) is 0 Å². The summed E-state index contributed by atoms with van der Waals surface area (Å²) in [7, 11) is 0. The van der Waals surface area contributed by atoms with Crippen molar-refractivity contribution in [2.45, 2.75) is 64.6 Å². The molecule has 2 amide bonds. The summed E-state index contributed by atoms with van der Waals surface area (Å²) in [6.07, 6.45) is 2.48. The number of rotatable bonds is 3. The molecule has 1 aromatic heterocycles. The molecular weight excluding hydrogens is 374 g/mol. The number of hydrogen-bond donors (Lipinski definition) is 0. The molecule has 6 nitrogen and oxygen atoms in total. The summed E-state index contributed by atoms with van der Waals surface area (Å²) in [5.41, 5.74) is 4.07. The molecule has 1 atom stereocenters. The second kappa shape index (κ2) is 6.88. The number of carbonyl (C=O) groups excluding carboxylic acids is 2. The second-order valence-electron chi connectivity index (χ2n) is 8.38. The Kier molecular flexibility index (Phi) is 4.65. The molecule has 0 unspecified atom stereocenters. The van der Waals surface area contributed by atoms with Crippen LogP contribution in [0.3, 0.4) is 0 Å². The molecule has 0 bridgehead atoms. The van der Waals surface area contributed by atoms with E-state index >= 15 is 0 Å². The molecule has 1 aliphatic heterocycles. The van der Waals surface area contributed by atoms with Crippen LogP contribution in [-0.2, 0) is 9.53 Å². The van der Waals surface area contributed by atoms with E-state index in [0.29, 0.717) is 0 Å². The molecule has 148 valence electrons. The van der Waals surface area contributed by atoms with Crippen molar-refractivity contribution >= 4 is 23.3 Å². The third-order valence-electron chi connectivity index (χ3n) is 5.17. The zero-order chi connectivity index (χ0) is 20.1. The van der Waals surface area contributed by atoms with Gasteiger partial charge in [-0.1, -0.05) is 24.3 Å². The average molecular weight is 400 g/mol. The number of thiazole rings is 1. The number of ether oxygens (including phenoxy) is 1. The number of carbonyl (C=O) groups is 2. The van der Waals surface area contributed by atoms with Gasteiger partial charge in [-0.3, -0.25) is 4.79 Å². The quantitative estimate of drug-likeness (QED) is 0.750. The molecule has 1 saturated heterocycles. The fourth-order valence-electron chi connectivity index (χ4n) is 3.57. The lowest BCUT2D eigenvalue weighted by atomic mass is 9.89. The molecule has 0 radical (unpaired) electrons. The Hall–Kier alpha value is -2.41. The minimum Gasteiger partial charge on any atom is -0.442 e. The van der Waals surface area contributed by atoms with Crippen molar-refractivity contribution in [1.29, 1.82) is 0 Å². The Morgan fingerprint density at radius 2 is 1.89 bits per heavy atom. The van der Waals surface area contributed by atoms with Gasteiger partial charge in [0.25, 0.3) is 5.91 Å². The van der Waals surface area contributed by atoms with E-state index in [1.54, 1.807) is 16.3 Å². The Labute approximate surface area is 169 Å². The molecular formula is C21H25N3O3S. The molecule has 0 N–H and O–H groups in total. The monoisotopic (exact) mass is 399 g/mol. The highest BCUT2D eigenvalue weighted by Gasteiger charge is 2.54. The van der Waals surface area contributed by atoms with Gasteiger partial charge in [-0.2, -0.15) is 5.01 Å². The van der Waals surface area contributed by atoms with Crippen molar-refractivity contribution in [3.63, 3.8) is 0 Å². The molecule has 2 aliphatic rings. The van der Waals surface area contributed by atoms with Gasteiger partial charge in [-0.05, 0) is 58.1 Å². The summed E-state index contributed by atoms with van der Waals surface area (Å²) in [5, 5.41) is 3.11. The maximum absolute atomic E-state index is 12.9. The minimum absolute atomic E-state index is 0.0303. The van der Waals surface area contributed by atoms with E-state index < -0.39 is 17.7 Å². The van der Waals surface area contributed by atoms with Gasteiger partial charge in [0.15, 0.2) is 6.04 Å². The summed E-state index contributed by atoms with van der Waals surface area (Å²) in [6.45, 7) is 7.49. The van der Waals surface area contributed by atoms with E-state index in [-0.39, 0.29) is 11.9 Å². The van der Waals surface area contributed by atoms with Gasteiger partial charge in [0.2, 0.25) is 0 Å². The molecule has 7 heteroatoms. The van der Waals surface area contributed by atoms with E-state index in [0.717, 1.165) is 41.0 Å². The third-order valence-corrected chi connectivity index (χ3v) is 6.15. The number of nitrogens with zero attached hydrogens (tertiary/aromatic N) is 3. The van der Waals surface area contributed by atoms with Crippen LogP contribution in [0.15, 0.2) is 29.8 Å². The van der Waals surface area contributed by atoms with E-state index in [9.17, 15) is 9.59 Å². The van der Waals surface area contributed by atoms with Gasteiger partial charge in [-0.15, -0.1) is 11.3 Å². The first kappa shape index (κ1) is 18.9. The molecule has 2 fully saturated rings. The Morgan fingerprint density at radius 3 is 2.39 bits per heavy atom. The highest BCUT2D eigenvalue weighted by atomic mass is 32.1. The Morgan fingerprint density at radius 1 is 1.21 bits per heavy atom. The van der Waals surface area contributed by atoms with Gasteiger partial charge >= 0.3 is 6.09 Å². The number of aryl methyl sites for hydroxylation is 1. The molecule has 1 aliphatic carbocycles. The highest BCUT2D eigenvalue weighted by molar-refractivity contribution is 7.13. The Balaban J connectivity index is 1.60. The topological polar surface area (TPSA) is 62.7 Å². The van der Waals surface area contributed by atoms with Gasteiger partial charge < -0.3 is 4.74 Å². The lowest BCUT2D eigenvalue weighted by molar-refractivity contribution is -0.204. The van der Waals surface area contributed by atoms with Crippen LogP contribution in [0.4, 0.5) is 4.79 Å². The molecule has 1 aromatic carbocycles. The van der Waals surface area contributed by atoms with Crippen LogP contribution < -0.4 is 0 Å². The Bertz CT molecular complexity index is 896. The number of hydrogen-bond acceptors (Lipinski definition) is 5. The number of hydrazine groups is 1. The largest absolute Gasteiger partial charge is 0.442 e. The fraction of sp³-hybridized carbons (Fsp3) is 0.476. The van der Waals surface area contributed by atoms with Crippen molar-refractivity contribution in [3.05, 3.63) is 41.0 Å². The summed E-state index contributed by atoms with van der Waals surface area (Å²) < 4.78 is 5.58. The highest BCUT2D eigenvalue weighted by Crippen LogP contribution is 2.42. The van der Waals surface area contributed by atoms with Crippen LogP contribution >= 0.6 is 11.3 Å². The first-order chi connectivity index (χ1) is 13.3. The number of benzene rings is 1. The van der Waals surface area contributed by atoms with Crippen LogP contribution in [0.5, 0.6) is 0 Å². The first-order valence-corrected chi connectivity index (χ1v) is 10.5. The van der Waals surface area contributed by atoms with Gasteiger partial charge in [-0.25, -0.2) is 14.8 Å². The molecule has 4 rings (SSSR count). The van der Waals surface area contributed by atoms with E-state index in [2.05, 4.69) is 4.98 Å². The van der Waals surface area contributed by atoms with Crippen molar-refractivity contribution in [2.24, 2.45) is 0 Å². The molecule has 2 heterocycles. The van der Waals surface area contributed by atoms with Crippen LogP contribution in [0.1, 0.15) is 57.3 Å². The molecule has 2 aromatic rings. The SMILES string of the molecule is Cc1ncsc1-c1ccc([C@@H]2C(=O)N(C3CCC3)N2C(=O)OC(C)(C)C)cc1. The zero-order valence-corrected chi connectivity index (χ0v) is 17.5. The summed E-state index contributed by atoms with van der Waals surface area (Å²) in [4.78, 5) is 31.1. The fourth-order valence-corrected chi connectivity index (χ4v) is 4.38. The van der Waals surface area contributed by atoms with Gasteiger partial charge in [0.1, 0.15) is 5.60 Å². The van der Waals surface area contributed by atoms with E-state index in [4.69, 9.17) is 4.74 Å². The van der Waals surface area contributed by atoms with Crippen LogP contribution in [0.2, 0.25) is 0 Å². The predicted octanol–water partition coefficient (Wildman–Crippen LogP) is 4.71. The maximum atomic E-state index is 12.9. The van der Waals surface area contributed by atoms with Crippen LogP contribution in [0, 0.1) is 6.92 Å². The average Bonchev–Trinajstić information content (AvgIpc) is 3.00. The lowest BCUT2D eigenvalue weighted by Gasteiger charge is -2.54. The van der Waals surface area contributed by atoms with Crippen molar-refractivity contribution in [2.75, 3.05) is 0 Å². The second-order valence-corrected chi connectivity index (χ2v) is 9.24. The molecule has 0 spiro atoms. The summed E-state index contributed by atoms with van der Waals surface area (Å²) in [5.74, 6) is -0.0303. The standard InChI is InChI=1S/C21H25N3O3S/c1-13-18(28-12-22-13)15-10-8-14(9-11-15)17-19(25)23(16-6-5-7-16)24(17)20(26)27-21(2,3)4/h8-12,16-17H,5-7H2,1-4H3/t17-/m1/s1. The third kappa shape index (κ3) is 3.28. The maximum Gasteiger partial charge on any atom is 0.430 e. The number of amides is 2. The van der Waals surface area contributed by atoms with Crippen LogP contribution in [-0.4, -0.2) is 38.6 Å². The summed E-state index contributed by atoms with van der Waals surface area (Å²) >= 11 is 1.59. The lowest BCUT2D eigenvalue weighted by Crippen LogP contribution is -2.70. The summed E-state index contributed by atoms with van der Waals surface area (Å²) in [6, 6.07) is 7.31. The first-order valence-electron chi connectivity index (χ1n) is 9.62. The van der Waals surface area contributed by atoms with E-state index in [1.165, 1.54) is 5.01 Å². The predicted molar refractivity (Wildman–Crippen MR) is 108 cm³/mol. The normalized spacial score (nSPS) is 20.0. The molecule has 28 heavy (non-hydrogen) atoms. The van der Waals surface area contributed by atoms with Crippen molar-refractivity contribution in [1.82, 2.24) is 15.0 Å². The molecule has 1 saturated carbocycles.